The van der Waals surface area contributed by atoms with Gasteiger partial charge in [0.2, 0.25) is 11.2 Å². The van der Waals surface area contributed by atoms with Crippen LogP contribution in [0.1, 0.15) is 27.7 Å². The number of nitrogens with zero attached hydrogens (tertiary/aromatic N) is 7. The minimum Gasteiger partial charge on any atom is -0.338 e. The van der Waals surface area contributed by atoms with Crippen molar-refractivity contribution >= 4 is 17.5 Å². The SMILES string of the molecule is CC(C)CN(c1nc(Cl)nc(-n2cncn2)n1)C(C)C. The molecule has 0 saturated heterocycles. The van der Waals surface area contributed by atoms with Gasteiger partial charge in [-0.2, -0.15) is 24.7 Å². The zero-order valence-electron chi connectivity index (χ0n) is 12.0. The van der Waals surface area contributed by atoms with Crippen molar-refractivity contribution in [2.75, 3.05) is 11.4 Å². The van der Waals surface area contributed by atoms with Crippen LogP contribution in [-0.4, -0.2) is 42.3 Å². The maximum atomic E-state index is 6.00. The van der Waals surface area contributed by atoms with E-state index in [-0.39, 0.29) is 11.3 Å². The van der Waals surface area contributed by atoms with Crippen LogP contribution in [0.3, 0.4) is 0 Å². The van der Waals surface area contributed by atoms with E-state index in [1.807, 2.05) is 0 Å². The second-order valence-electron chi connectivity index (χ2n) is 5.18. The minimum atomic E-state index is 0.148. The highest BCUT2D eigenvalue weighted by Crippen LogP contribution is 2.17. The Morgan fingerprint density at radius 3 is 2.50 bits per heavy atom. The van der Waals surface area contributed by atoms with Gasteiger partial charge in [0, 0.05) is 12.6 Å². The maximum Gasteiger partial charge on any atom is 0.258 e. The van der Waals surface area contributed by atoms with Crippen LogP contribution in [0.25, 0.3) is 5.95 Å². The van der Waals surface area contributed by atoms with Crippen molar-refractivity contribution in [1.82, 2.24) is 29.7 Å². The summed E-state index contributed by atoms with van der Waals surface area (Å²) in [6.45, 7) is 9.33. The first kappa shape index (κ1) is 14.6. The fraction of sp³-hybridized carbons (Fsp3) is 0.583. The number of hydrogen-bond donors (Lipinski definition) is 0. The molecular weight excluding hydrogens is 278 g/mol. The Labute approximate surface area is 123 Å². The lowest BCUT2D eigenvalue weighted by atomic mass is 10.2. The Bertz CT molecular complexity index is 553. The predicted molar refractivity (Wildman–Crippen MR) is 77.1 cm³/mol. The highest BCUT2D eigenvalue weighted by atomic mass is 35.5. The minimum absolute atomic E-state index is 0.148. The molecule has 20 heavy (non-hydrogen) atoms. The molecule has 7 nitrogen and oxygen atoms in total. The Balaban J connectivity index is 2.40. The van der Waals surface area contributed by atoms with E-state index in [2.05, 4.69) is 57.6 Å². The molecule has 8 heteroatoms. The molecule has 0 aliphatic carbocycles. The van der Waals surface area contributed by atoms with Crippen molar-refractivity contribution < 1.29 is 0 Å². The second-order valence-corrected chi connectivity index (χ2v) is 5.52. The van der Waals surface area contributed by atoms with Gasteiger partial charge in [-0.05, 0) is 31.4 Å². The summed E-state index contributed by atoms with van der Waals surface area (Å²) in [6.07, 6.45) is 2.95. The van der Waals surface area contributed by atoms with Crippen LogP contribution >= 0.6 is 11.6 Å². The molecule has 0 fully saturated rings. The molecule has 0 atom stereocenters. The maximum absolute atomic E-state index is 6.00. The van der Waals surface area contributed by atoms with Gasteiger partial charge in [-0.3, -0.25) is 0 Å². The lowest BCUT2D eigenvalue weighted by Gasteiger charge is -2.28. The topological polar surface area (TPSA) is 72.6 Å². The zero-order valence-corrected chi connectivity index (χ0v) is 12.8. The van der Waals surface area contributed by atoms with Crippen molar-refractivity contribution in [3.63, 3.8) is 0 Å². The Kier molecular flexibility index (Phi) is 4.49. The molecule has 0 unspecified atom stereocenters. The summed E-state index contributed by atoms with van der Waals surface area (Å²) in [5.74, 6) is 1.41. The Morgan fingerprint density at radius 2 is 1.95 bits per heavy atom. The molecular formula is C12H18ClN7. The van der Waals surface area contributed by atoms with Gasteiger partial charge >= 0.3 is 0 Å². The first-order chi connectivity index (χ1) is 9.47. The first-order valence-corrected chi connectivity index (χ1v) is 6.88. The summed E-state index contributed by atoms with van der Waals surface area (Å²) in [5.41, 5.74) is 0. The van der Waals surface area contributed by atoms with Crippen molar-refractivity contribution in [3.05, 3.63) is 17.9 Å². The van der Waals surface area contributed by atoms with Gasteiger partial charge in [0.25, 0.3) is 5.95 Å². The van der Waals surface area contributed by atoms with Crippen LogP contribution in [0.2, 0.25) is 5.28 Å². The van der Waals surface area contributed by atoms with Crippen molar-refractivity contribution in [2.45, 2.75) is 33.7 Å². The summed E-state index contributed by atoms with van der Waals surface area (Å²) in [7, 11) is 0. The fourth-order valence-electron chi connectivity index (χ4n) is 1.79. The molecule has 2 aromatic rings. The van der Waals surface area contributed by atoms with Gasteiger partial charge in [-0.1, -0.05) is 13.8 Å². The van der Waals surface area contributed by atoms with Crippen molar-refractivity contribution in [1.29, 1.82) is 0 Å². The first-order valence-electron chi connectivity index (χ1n) is 6.50. The molecule has 0 saturated carbocycles. The van der Waals surface area contributed by atoms with E-state index in [1.165, 1.54) is 17.3 Å². The number of rotatable bonds is 5. The molecule has 0 aliphatic heterocycles. The molecule has 2 aromatic heterocycles. The summed E-state index contributed by atoms with van der Waals surface area (Å²) in [4.78, 5) is 18.7. The Morgan fingerprint density at radius 1 is 1.20 bits per heavy atom. The van der Waals surface area contributed by atoms with Crippen LogP contribution in [0.15, 0.2) is 12.7 Å². The van der Waals surface area contributed by atoms with Crippen molar-refractivity contribution in [3.8, 4) is 5.95 Å². The quantitative estimate of drug-likeness (QED) is 0.840. The molecule has 0 radical (unpaired) electrons. The summed E-state index contributed by atoms with van der Waals surface area (Å²) < 4.78 is 1.46. The molecule has 0 bridgehead atoms. The monoisotopic (exact) mass is 295 g/mol. The van der Waals surface area contributed by atoms with Crippen LogP contribution in [0.5, 0.6) is 0 Å². The number of aromatic nitrogens is 6. The molecule has 0 N–H and O–H groups in total. The number of anilines is 1. The van der Waals surface area contributed by atoms with Gasteiger partial charge in [-0.25, -0.2) is 4.98 Å². The van der Waals surface area contributed by atoms with Crippen LogP contribution in [0.4, 0.5) is 5.95 Å². The van der Waals surface area contributed by atoms with Crippen LogP contribution in [0, 0.1) is 5.92 Å². The van der Waals surface area contributed by atoms with E-state index in [9.17, 15) is 0 Å². The fourth-order valence-corrected chi connectivity index (χ4v) is 1.94. The van der Waals surface area contributed by atoms with Crippen molar-refractivity contribution in [2.24, 2.45) is 5.92 Å². The third kappa shape index (κ3) is 3.41. The standard InChI is InChI=1S/C12H18ClN7/c1-8(2)5-19(9(3)4)11-16-10(13)17-12(18-11)20-7-14-6-15-20/h6-9H,5H2,1-4H3. The predicted octanol–water partition coefficient (Wildman–Crippen LogP) is 1.98. The molecule has 0 aromatic carbocycles. The van der Waals surface area contributed by atoms with Gasteiger partial charge < -0.3 is 4.90 Å². The third-order valence-corrected chi connectivity index (χ3v) is 2.82. The Hall–Kier alpha value is -1.76. The normalized spacial score (nSPS) is 11.3. The lowest BCUT2D eigenvalue weighted by Crippen LogP contribution is -2.36. The lowest BCUT2D eigenvalue weighted by molar-refractivity contribution is 0.558. The largest absolute Gasteiger partial charge is 0.338 e. The van der Waals surface area contributed by atoms with Crippen LogP contribution < -0.4 is 4.90 Å². The van der Waals surface area contributed by atoms with E-state index >= 15 is 0 Å². The number of halogens is 1. The summed E-state index contributed by atoms with van der Waals surface area (Å²) in [5, 5.41) is 4.16. The molecule has 2 heterocycles. The average molecular weight is 296 g/mol. The average Bonchev–Trinajstić information content (AvgIpc) is 2.88. The number of hydrogen-bond acceptors (Lipinski definition) is 6. The van der Waals surface area contributed by atoms with Gasteiger partial charge in [-0.15, -0.1) is 0 Å². The van der Waals surface area contributed by atoms with Gasteiger partial charge in [0.05, 0.1) is 0 Å². The van der Waals surface area contributed by atoms with E-state index in [1.54, 1.807) is 0 Å². The zero-order chi connectivity index (χ0) is 14.7. The van der Waals surface area contributed by atoms with E-state index < -0.39 is 0 Å². The third-order valence-electron chi connectivity index (χ3n) is 2.65. The summed E-state index contributed by atoms with van der Waals surface area (Å²) in [6, 6.07) is 0.263. The van der Waals surface area contributed by atoms with Gasteiger partial charge in [0.15, 0.2) is 0 Å². The van der Waals surface area contributed by atoms with E-state index in [0.29, 0.717) is 17.8 Å². The molecule has 0 amide bonds. The van der Waals surface area contributed by atoms with Gasteiger partial charge in [0.1, 0.15) is 12.7 Å². The molecule has 0 aliphatic rings. The highest BCUT2D eigenvalue weighted by Gasteiger charge is 2.18. The molecule has 108 valence electrons. The smallest absolute Gasteiger partial charge is 0.258 e. The van der Waals surface area contributed by atoms with E-state index in [0.717, 1.165) is 6.54 Å². The van der Waals surface area contributed by atoms with E-state index in [4.69, 9.17) is 11.6 Å². The molecule has 2 rings (SSSR count). The summed E-state index contributed by atoms with van der Waals surface area (Å²) >= 11 is 6.00. The van der Waals surface area contributed by atoms with Crippen LogP contribution in [-0.2, 0) is 0 Å². The highest BCUT2D eigenvalue weighted by molar-refractivity contribution is 6.28. The second kappa shape index (κ2) is 6.13. The molecule has 0 spiro atoms.